The number of nitrogen functional groups attached to an aromatic ring is 1. The van der Waals surface area contributed by atoms with Gasteiger partial charge in [0, 0.05) is 24.3 Å². The zero-order valence-electron chi connectivity index (χ0n) is 11.7. The quantitative estimate of drug-likeness (QED) is 0.809. The van der Waals surface area contributed by atoms with Crippen LogP contribution in [0.4, 0.5) is 5.69 Å². The van der Waals surface area contributed by atoms with Crippen LogP contribution in [0.25, 0.3) is 0 Å². The van der Waals surface area contributed by atoms with Gasteiger partial charge < -0.3 is 16.0 Å². The summed E-state index contributed by atoms with van der Waals surface area (Å²) in [4.78, 5) is 14.4. The molecule has 2 unspecified atom stereocenters. The molecule has 3 N–H and O–H groups in total. The topological polar surface area (TPSA) is 58.4 Å². The molecule has 1 amide bonds. The van der Waals surface area contributed by atoms with Crippen LogP contribution >= 0.6 is 0 Å². The summed E-state index contributed by atoms with van der Waals surface area (Å²) in [6.07, 6.45) is 2.41. The summed E-state index contributed by atoms with van der Waals surface area (Å²) in [6, 6.07) is 8.36. The van der Waals surface area contributed by atoms with Crippen LogP contribution in [-0.4, -0.2) is 36.5 Å². The summed E-state index contributed by atoms with van der Waals surface area (Å²) in [6.45, 7) is 3.24. The molecule has 104 valence electrons. The average molecular weight is 261 g/mol. The number of carbonyl (C=O) groups excluding carboxylic acids is 1. The molecule has 0 radical (unpaired) electrons. The average Bonchev–Trinajstić information content (AvgIpc) is 2.37. The van der Waals surface area contributed by atoms with Gasteiger partial charge in [0.2, 0.25) is 5.91 Å². The summed E-state index contributed by atoms with van der Waals surface area (Å²) < 4.78 is 0. The first-order chi connectivity index (χ1) is 9.06. The van der Waals surface area contributed by atoms with Gasteiger partial charge in [0.05, 0.1) is 6.42 Å². The van der Waals surface area contributed by atoms with E-state index in [1.807, 2.05) is 24.3 Å². The summed E-state index contributed by atoms with van der Waals surface area (Å²) in [5.74, 6) is 0.0691. The van der Waals surface area contributed by atoms with Crippen molar-refractivity contribution in [2.24, 2.45) is 0 Å². The second-order valence-electron chi connectivity index (χ2n) is 5.49. The standard InChI is InChI=1S/C15H23N3O/c1-11-9-13(7-8-18(11)2)17-15(19)10-12-5-3-4-6-14(12)16/h3-6,11,13H,7-10,16H2,1-2H3,(H,17,19). The zero-order chi connectivity index (χ0) is 13.8. The first-order valence-electron chi connectivity index (χ1n) is 6.89. The second-order valence-corrected chi connectivity index (χ2v) is 5.49. The molecule has 1 fully saturated rings. The number of rotatable bonds is 3. The monoisotopic (exact) mass is 261 g/mol. The van der Waals surface area contributed by atoms with Gasteiger partial charge in [-0.3, -0.25) is 4.79 Å². The van der Waals surface area contributed by atoms with Crippen molar-refractivity contribution in [3.63, 3.8) is 0 Å². The van der Waals surface area contributed by atoms with Crippen LogP contribution in [0.3, 0.4) is 0 Å². The van der Waals surface area contributed by atoms with E-state index in [0.29, 0.717) is 24.2 Å². The first-order valence-corrected chi connectivity index (χ1v) is 6.89. The van der Waals surface area contributed by atoms with Crippen LogP contribution in [0.15, 0.2) is 24.3 Å². The number of nitrogens with two attached hydrogens (primary N) is 1. The number of anilines is 1. The molecule has 4 heteroatoms. The molecule has 4 nitrogen and oxygen atoms in total. The van der Waals surface area contributed by atoms with E-state index >= 15 is 0 Å². The van der Waals surface area contributed by atoms with Gasteiger partial charge in [-0.25, -0.2) is 0 Å². The summed E-state index contributed by atoms with van der Waals surface area (Å²) in [5, 5.41) is 3.12. The molecule has 19 heavy (non-hydrogen) atoms. The number of amides is 1. The maximum atomic E-state index is 12.0. The second kappa shape index (κ2) is 6.06. The molecular formula is C15H23N3O. The summed E-state index contributed by atoms with van der Waals surface area (Å²) in [7, 11) is 2.13. The van der Waals surface area contributed by atoms with Crippen molar-refractivity contribution in [2.45, 2.75) is 38.3 Å². The van der Waals surface area contributed by atoms with E-state index < -0.39 is 0 Å². The van der Waals surface area contributed by atoms with E-state index in [0.717, 1.165) is 24.9 Å². The number of para-hydroxylation sites is 1. The lowest BCUT2D eigenvalue weighted by atomic mass is 9.98. The highest BCUT2D eigenvalue weighted by atomic mass is 16.1. The number of nitrogens with one attached hydrogen (secondary N) is 1. The molecule has 0 bridgehead atoms. The normalized spacial score (nSPS) is 24.1. The summed E-state index contributed by atoms with van der Waals surface area (Å²) >= 11 is 0. The number of carbonyl (C=O) groups is 1. The molecule has 2 rings (SSSR count). The van der Waals surface area contributed by atoms with E-state index in [4.69, 9.17) is 5.73 Å². The minimum absolute atomic E-state index is 0.0691. The summed E-state index contributed by atoms with van der Waals surface area (Å²) in [5.41, 5.74) is 7.45. The fourth-order valence-corrected chi connectivity index (χ4v) is 2.57. The minimum atomic E-state index is 0.0691. The highest BCUT2D eigenvalue weighted by Crippen LogP contribution is 2.16. The minimum Gasteiger partial charge on any atom is -0.398 e. The molecule has 1 aromatic carbocycles. The molecule has 2 atom stereocenters. The molecule has 0 aliphatic carbocycles. The highest BCUT2D eigenvalue weighted by Gasteiger charge is 2.23. The third-order valence-electron chi connectivity index (χ3n) is 3.98. The Morgan fingerprint density at radius 2 is 2.21 bits per heavy atom. The number of hydrogen-bond acceptors (Lipinski definition) is 3. The van der Waals surface area contributed by atoms with Gasteiger partial charge in [-0.2, -0.15) is 0 Å². The number of piperidine rings is 1. The predicted octanol–water partition coefficient (Wildman–Crippen LogP) is 1.41. The van der Waals surface area contributed by atoms with Crippen molar-refractivity contribution < 1.29 is 4.79 Å². The van der Waals surface area contributed by atoms with Crippen molar-refractivity contribution in [3.8, 4) is 0 Å². The Hall–Kier alpha value is -1.55. The molecule has 0 spiro atoms. The zero-order valence-corrected chi connectivity index (χ0v) is 11.7. The Labute approximate surface area is 115 Å². The lowest BCUT2D eigenvalue weighted by Crippen LogP contribution is -2.47. The molecule has 1 aromatic rings. The fourth-order valence-electron chi connectivity index (χ4n) is 2.57. The van der Waals surface area contributed by atoms with E-state index in [-0.39, 0.29) is 5.91 Å². The number of hydrogen-bond donors (Lipinski definition) is 2. The Morgan fingerprint density at radius 3 is 2.89 bits per heavy atom. The molecule has 1 heterocycles. The SMILES string of the molecule is CC1CC(NC(=O)Cc2ccccc2N)CCN1C. The van der Waals surface area contributed by atoms with Gasteiger partial charge in [-0.1, -0.05) is 18.2 Å². The van der Waals surface area contributed by atoms with Crippen LogP contribution in [0.5, 0.6) is 0 Å². The van der Waals surface area contributed by atoms with Gasteiger partial charge >= 0.3 is 0 Å². The smallest absolute Gasteiger partial charge is 0.224 e. The highest BCUT2D eigenvalue weighted by molar-refractivity contribution is 5.80. The third-order valence-corrected chi connectivity index (χ3v) is 3.98. The van der Waals surface area contributed by atoms with Crippen LogP contribution in [0, 0.1) is 0 Å². The van der Waals surface area contributed by atoms with Crippen molar-refractivity contribution in [2.75, 3.05) is 19.3 Å². The molecular weight excluding hydrogens is 238 g/mol. The fraction of sp³-hybridized carbons (Fsp3) is 0.533. The van der Waals surface area contributed by atoms with Crippen molar-refractivity contribution in [1.29, 1.82) is 0 Å². The Kier molecular flexibility index (Phi) is 4.43. The predicted molar refractivity (Wildman–Crippen MR) is 77.8 cm³/mol. The van der Waals surface area contributed by atoms with Gasteiger partial charge in [-0.05, 0) is 38.4 Å². The lowest BCUT2D eigenvalue weighted by molar-refractivity contribution is -0.121. The lowest BCUT2D eigenvalue weighted by Gasteiger charge is -2.35. The van der Waals surface area contributed by atoms with E-state index in [1.54, 1.807) is 0 Å². The number of nitrogens with zero attached hydrogens (tertiary/aromatic N) is 1. The van der Waals surface area contributed by atoms with Crippen molar-refractivity contribution in [3.05, 3.63) is 29.8 Å². The third kappa shape index (κ3) is 3.70. The molecule has 1 saturated heterocycles. The van der Waals surface area contributed by atoms with Crippen LogP contribution < -0.4 is 11.1 Å². The Morgan fingerprint density at radius 1 is 1.47 bits per heavy atom. The molecule has 1 aliphatic heterocycles. The van der Waals surface area contributed by atoms with Crippen LogP contribution in [0.1, 0.15) is 25.3 Å². The van der Waals surface area contributed by atoms with E-state index in [2.05, 4.69) is 24.2 Å². The molecule has 0 saturated carbocycles. The number of likely N-dealkylation sites (tertiary alicyclic amines) is 1. The van der Waals surface area contributed by atoms with Crippen LogP contribution in [0.2, 0.25) is 0 Å². The van der Waals surface area contributed by atoms with E-state index in [9.17, 15) is 4.79 Å². The van der Waals surface area contributed by atoms with Gasteiger partial charge in [-0.15, -0.1) is 0 Å². The van der Waals surface area contributed by atoms with Crippen molar-refractivity contribution in [1.82, 2.24) is 10.2 Å². The molecule has 0 aromatic heterocycles. The largest absolute Gasteiger partial charge is 0.398 e. The van der Waals surface area contributed by atoms with Crippen molar-refractivity contribution >= 4 is 11.6 Å². The maximum absolute atomic E-state index is 12.0. The van der Waals surface area contributed by atoms with Gasteiger partial charge in [0.15, 0.2) is 0 Å². The molecule has 1 aliphatic rings. The van der Waals surface area contributed by atoms with Crippen LogP contribution in [-0.2, 0) is 11.2 Å². The van der Waals surface area contributed by atoms with Gasteiger partial charge in [0.1, 0.15) is 0 Å². The number of benzene rings is 1. The maximum Gasteiger partial charge on any atom is 0.224 e. The first kappa shape index (κ1) is 13.9. The Balaban J connectivity index is 1.87. The Bertz CT molecular complexity index is 447. The van der Waals surface area contributed by atoms with Gasteiger partial charge in [0.25, 0.3) is 0 Å². The van der Waals surface area contributed by atoms with E-state index in [1.165, 1.54) is 0 Å².